The molecular weight excluding hydrogens is 446 g/mol. The Kier molecular flexibility index (Phi) is 5.77. The van der Waals surface area contributed by atoms with Gasteiger partial charge in [0.25, 0.3) is 5.56 Å². The summed E-state index contributed by atoms with van der Waals surface area (Å²) in [6, 6.07) is 2.86. The van der Waals surface area contributed by atoms with Crippen molar-refractivity contribution in [3.63, 3.8) is 0 Å². The summed E-state index contributed by atoms with van der Waals surface area (Å²) in [5.74, 6) is -2.58. The van der Waals surface area contributed by atoms with E-state index in [9.17, 15) is 26.8 Å². The van der Waals surface area contributed by atoms with E-state index in [0.717, 1.165) is 22.5 Å². The van der Waals surface area contributed by atoms with E-state index < -0.39 is 26.6 Å². The van der Waals surface area contributed by atoms with E-state index in [2.05, 4.69) is 10.1 Å². The molecular formula is C19H20F2N6O4S. The average molecular weight is 466 g/mol. The molecule has 32 heavy (non-hydrogen) atoms. The third kappa shape index (κ3) is 3.88. The van der Waals surface area contributed by atoms with E-state index in [1.807, 2.05) is 0 Å². The molecule has 4 rings (SSSR count). The quantitative estimate of drug-likeness (QED) is 0.536. The number of aryl methyl sites for hydroxylation is 2. The standard InChI is InChI=1S/C19H20F2N6O4S/c1-24-18-13(11-23-24)19(29)26(12-22-18)6-5-16(28)25-7-9-27(10-8-25)32(30,31)17-14(20)3-2-4-15(17)21/h2-4,11-12H,5-10H2,1H3. The summed E-state index contributed by atoms with van der Waals surface area (Å²) < 4.78 is 57.0. The van der Waals surface area contributed by atoms with Gasteiger partial charge in [0, 0.05) is 46.2 Å². The van der Waals surface area contributed by atoms with Gasteiger partial charge >= 0.3 is 0 Å². The van der Waals surface area contributed by atoms with Gasteiger partial charge in [-0.15, -0.1) is 0 Å². The van der Waals surface area contributed by atoms with Crippen LogP contribution in [0.4, 0.5) is 8.78 Å². The van der Waals surface area contributed by atoms with Crippen molar-refractivity contribution in [2.24, 2.45) is 7.05 Å². The molecule has 1 fully saturated rings. The van der Waals surface area contributed by atoms with Crippen LogP contribution in [-0.2, 0) is 28.4 Å². The lowest BCUT2D eigenvalue weighted by molar-refractivity contribution is -0.132. The molecule has 0 saturated carbocycles. The summed E-state index contributed by atoms with van der Waals surface area (Å²) in [5.41, 5.74) is 0.139. The zero-order valence-corrected chi connectivity index (χ0v) is 17.9. The number of carbonyl (C=O) groups is 1. The predicted octanol–water partition coefficient (Wildman–Crippen LogP) is 0.331. The maximum Gasteiger partial charge on any atom is 0.264 e. The number of nitrogens with zero attached hydrogens (tertiary/aromatic N) is 6. The molecule has 0 atom stereocenters. The second-order valence-electron chi connectivity index (χ2n) is 7.33. The average Bonchev–Trinajstić information content (AvgIpc) is 3.14. The van der Waals surface area contributed by atoms with Crippen LogP contribution in [0.2, 0.25) is 0 Å². The number of hydrogen-bond acceptors (Lipinski definition) is 6. The fourth-order valence-corrected chi connectivity index (χ4v) is 5.17. The number of piperazine rings is 1. The summed E-state index contributed by atoms with van der Waals surface area (Å²) in [6.45, 7) is 0.0658. The highest BCUT2D eigenvalue weighted by molar-refractivity contribution is 7.89. The van der Waals surface area contributed by atoms with E-state index >= 15 is 0 Å². The maximum atomic E-state index is 14.0. The molecule has 0 N–H and O–H groups in total. The Labute approximate surface area is 181 Å². The van der Waals surface area contributed by atoms with Crippen molar-refractivity contribution in [2.45, 2.75) is 17.9 Å². The lowest BCUT2D eigenvalue weighted by atomic mass is 10.3. The minimum atomic E-state index is -4.37. The zero-order chi connectivity index (χ0) is 23.0. The Bertz CT molecular complexity index is 1330. The Balaban J connectivity index is 1.39. The van der Waals surface area contributed by atoms with Gasteiger partial charge < -0.3 is 4.90 Å². The molecule has 1 saturated heterocycles. The molecule has 0 aliphatic carbocycles. The molecule has 3 heterocycles. The number of rotatable bonds is 5. The van der Waals surface area contributed by atoms with Crippen molar-refractivity contribution in [3.8, 4) is 0 Å². The molecule has 13 heteroatoms. The number of hydrogen-bond donors (Lipinski definition) is 0. The fraction of sp³-hybridized carbons (Fsp3) is 0.368. The summed E-state index contributed by atoms with van der Waals surface area (Å²) in [7, 11) is -2.70. The van der Waals surface area contributed by atoms with Gasteiger partial charge in [0.1, 0.15) is 17.0 Å². The Morgan fingerprint density at radius 2 is 1.78 bits per heavy atom. The minimum absolute atomic E-state index is 0.0159. The largest absolute Gasteiger partial charge is 0.340 e. The Hall–Kier alpha value is -3.19. The van der Waals surface area contributed by atoms with E-state index in [1.54, 1.807) is 7.05 Å². The van der Waals surface area contributed by atoms with Crippen molar-refractivity contribution < 1.29 is 22.0 Å². The number of fused-ring (bicyclic) bond motifs is 1. The first-order chi connectivity index (χ1) is 15.2. The molecule has 1 aliphatic rings. The number of sulfonamides is 1. The highest BCUT2D eigenvalue weighted by Gasteiger charge is 2.34. The van der Waals surface area contributed by atoms with Crippen molar-refractivity contribution in [1.82, 2.24) is 28.5 Å². The van der Waals surface area contributed by atoms with Crippen LogP contribution in [0.5, 0.6) is 0 Å². The second kappa shape index (κ2) is 8.39. The summed E-state index contributed by atoms with van der Waals surface area (Å²) in [6.07, 6.45) is 2.79. The lowest BCUT2D eigenvalue weighted by Crippen LogP contribution is -2.50. The van der Waals surface area contributed by atoms with E-state index in [0.29, 0.717) is 11.0 Å². The van der Waals surface area contributed by atoms with E-state index in [1.165, 1.54) is 26.7 Å². The molecule has 2 aromatic heterocycles. The molecule has 0 spiro atoms. The SMILES string of the molecule is Cn1ncc2c(=O)n(CCC(=O)N3CCN(S(=O)(=O)c4c(F)cccc4F)CC3)cnc21. The van der Waals surface area contributed by atoms with Crippen molar-refractivity contribution in [1.29, 1.82) is 0 Å². The summed E-state index contributed by atoms with van der Waals surface area (Å²) in [5, 5.41) is 4.34. The van der Waals surface area contributed by atoms with Gasteiger partial charge in [0.15, 0.2) is 10.5 Å². The Morgan fingerprint density at radius 1 is 1.12 bits per heavy atom. The summed E-state index contributed by atoms with van der Waals surface area (Å²) in [4.78, 5) is 29.7. The highest BCUT2D eigenvalue weighted by atomic mass is 32.2. The van der Waals surface area contributed by atoms with Crippen LogP contribution in [0, 0.1) is 11.6 Å². The molecule has 0 radical (unpaired) electrons. The van der Waals surface area contributed by atoms with E-state index in [-0.39, 0.29) is 50.6 Å². The molecule has 0 bridgehead atoms. The van der Waals surface area contributed by atoms with Gasteiger partial charge in [-0.3, -0.25) is 18.8 Å². The van der Waals surface area contributed by atoms with Crippen LogP contribution >= 0.6 is 0 Å². The van der Waals surface area contributed by atoms with Crippen LogP contribution in [0.3, 0.4) is 0 Å². The second-order valence-corrected chi connectivity index (χ2v) is 9.21. The molecule has 170 valence electrons. The smallest absolute Gasteiger partial charge is 0.264 e. The van der Waals surface area contributed by atoms with Crippen LogP contribution < -0.4 is 5.56 Å². The number of aromatic nitrogens is 4. The third-order valence-electron chi connectivity index (χ3n) is 5.39. The maximum absolute atomic E-state index is 14.0. The van der Waals surface area contributed by atoms with Crippen LogP contribution in [0.15, 0.2) is 40.4 Å². The van der Waals surface area contributed by atoms with Crippen molar-refractivity contribution in [2.75, 3.05) is 26.2 Å². The fourth-order valence-electron chi connectivity index (χ4n) is 3.64. The first kappa shape index (κ1) is 22.0. The zero-order valence-electron chi connectivity index (χ0n) is 17.1. The van der Waals surface area contributed by atoms with Crippen molar-refractivity contribution in [3.05, 3.63) is 52.7 Å². The predicted molar refractivity (Wildman–Crippen MR) is 109 cm³/mol. The van der Waals surface area contributed by atoms with Gasteiger partial charge in [-0.05, 0) is 12.1 Å². The molecule has 1 aliphatic heterocycles. The monoisotopic (exact) mass is 466 g/mol. The van der Waals surface area contributed by atoms with Gasteiger partial charge in [-0.25, -0.2) is 22.2 Å². The van der Waals surface area contributed by atoms with Gasteiger partial charge in [-0.1, -0.05) is 6.07 Å². The normalized spacial score (nSPS) is 15.4. The minimum Gasteiger partial charge on any atom is -0.340 e. The lowest BCUT2D eigenvalue weighted by Gasteiger charge is -2.34. The Morgan fingerprint density at radius 3 is 2.44 bits per heavy atom. The van der Waals surface area contributed by atoms with Crippen LogP contribution in [-0.4, -0.2) is 69.0 Å². The molecule has 0 unspecified atom stereocenters. The van der Waals surface area contributed by atoms with E-state index in [4.69, 9.17) is 0 Å². The first-order valence-electron chi connectivity index (χ1n) is 9.79. The number of benzene rings is 1. The molecule has 1 amide bonds. The molecule has 3 aromatic rings. The number of amides is 1. The first-order valence-corrected chi connectivity index (χ1v) is 11.2. The topological polar surface area (TPSA) is 110 Å². The third-order valence-corrected chi connectivity index (χ3v) is 7.34. The van der Waals surface area contributed by atoms with Crippen LogP contribution in [0.1, 0.15) is 6.42 Å². The summed E-state index contributed by atoms with van der Waals surface area (Å²) >= 11 is 0. The van der Waals surface area contributed by atoms with Gasteiger partial charge in [0.05, 0.1) is 12.5 Å². The highest BCUT2D eigenvalue weighted by Crippen LogP contribution is 2.23. The number of halogens is 2. The van der Waals surface area contributed by atoms with Crippen molar-refractivity contribution >= 4 is 27.0 Å². The van der Waals surface area contributed by atoms with Gasteiger partial charge in [0.2, 0.25) is 15.9 Å². The number of carbonyl (C=O) groups excluding carboxylic acids is 1. The van der Waals surface area contributed by atoms with Crippen LogP contribution in [0.25, 0.3) is 11.0 Å². The van der Waals surface area contributed by atoms with Gasteiger partial charge in [-0.2, -0.15) is 9.40 Å². The molecule has 10 nitrogen and oxygen atoms in total. The molecule has 1 aromatic carbocycles.